The van der Waals surface area contributed by atoms with Crippen molar-refractivity contribution < 1.29 is 14.3 Å². The maximum absolute atomic E-state index is 12.0. The molecule has 146 valence electrons. The molecule has 10 heteroatoms. The maximum atomic E-state index is 12.0. The van der Waals surface area contributed by atoms with E-state index in [-0.39, 0.29) is 24.4 Å². The highest BCUT2D eigenvalue weighted by atomic mass is 35.5. The number of benzene rings is 1. The molecule has 1 aliphatic rings. The van der Waals surface area contributed by atoms with E-state index in [0.29, 0.717) is 33.3 Å². The van der Waals surface area contributed by atoms with E-state index in [1.165, 1.54) is 11.8 Å². The fourth-order valence-corrected chi connectivity index (χ4v) is 3.77. The number of hydrogen-bond acceptors (Lipinski definition) is 6. The van der Waals surface area contributed by atoms with Crippen LogP contribution in [-0.4, -0.2) is 45.7 Å². The van der Waals surface area contributed by atoms with Crippen molar-refractivity contribution in [2.45, 2.75) is 30.7 Å². The molecular weight excluding hydrogens is 411 g/mol. The minimum absolute atomic E-state index is 0.0516. The minimum atomic E-state index is -0.0516. The minimum Gasteiger partial charge on any atom is -0.484 e. The molecule has 0 bridgehead atoms. The van der Waals surface area contributed by atoms with Crippen LogP contribution < -0.4 is 10.1 Å². The Labute approximate surface area is 171 Å². The van der Waals surface area contributed by atoms with E-state index in [2.05, 4.69) is 15.5 Å². The average molecular weight is 431 g/mol. The molecule has 0 spiro atoms. The van der Waals surface area contributed by atoms with Gasteiger partial charge in [-0.2, -0.15) is 0 Å². The summed E-state index contributed by atoms with van der Waals surface area (Å²) < 4.78 is 13.0. The van der Waals surface area contributed by atoms with Gasteiger partial charge in [0.15, 0.2) is 11.0 Å². The number of ether oxygens (including phenoxy) is 2. The van der Waals surface area contributed by atoms with Crippen molar-refractivity contribution in [3.8, 4) is 5.75 Å². The Morgan fingerprint density at radius 3 is 3.04 bits per heavy atom. The molecule has 1 atom stereocenters. The summed E-state index contributed by atoms with van der Waals surface area (Å²) >= 11 is 13.3. The van der Waals surface area contributed by atoms with Gasteiger partial charge in [-0.25, -0.2) is 0 Å². The smallest absolute Gasteiger partial charge is 0.230 e. The number of hydrogen-bond donors (Lipinski definition) is 1. The summed E-state index contributed by atoms with van der Waals surface area (Å²) in [5.74, 6) is 1.36. The molecule has 2 aromatic rings. The van der Waals surface area contributed by atoms with Gasteiger partial charge in [-0.15, -0.1) is 10.2 Å². The topological polar surface area (TPSA) is 78.3 Å². The molecule has 1 aliphatic heterocycles. The Morgan fingerprint density at radius 1 is 1.44 bits per heavy atom. The maximum Gasteiger partial charge on any atom is 0.230 e. The number of nitrogens with one attached hydrogen (secondary N) is 1. The van der Waals surface area contributed by atoms with Gasteiger partial charge in [0.1, 0.15) is 12.4 Å². The number of carbonyl (C=O) groups is 1. The number of nitrogens with zero attached hydrogens (tertiary/aromatic N) is 3. The van der Waals surface area contributed by atoms with Crippen LogP contribution in [0.1, 0.15) is 18.7 Å². The summed E-state index contributed by atoms with van der Waals surface area (Å²) in [6, 6.07) is 5.02. The van der Waals surface area contributed by atoms with E-state index in [9.17, 15) is 4.79 Å². The highest BCUT2D eigenvalue weighted by Crippen LogP contribution is 2.28. The zero-order valence-electron chi connectivity index (χ0n) is 14.8. The first-order chi connectivity index (χ1) is 13.0. The van der Waals surface area contributed by atoms with E-state index < -0.39 is 0 Å². The first-order valence-electron chi connectivity index (χ1n) is 8.50. The van der Waals surface area contributed by atoms with Crippen molar-refractivity contribution in [3.05, 3.63) is 34.1 Å². The van der Waals surface area contributed by atoms with Gasteiger partial charge in [-0.1, -0.05) is 35.0 Å². The van der Waals surface area contributed by atoms with E-state index in [4.69, 9.17) is 32.7 Å². The number of thioether (sulfide) groups is 1. The van der Waals surface area contributed by atoms with Crippen LogP contribution in [0.3, 0.4) is 0 Å². The van der Waals surface area contributed by atoms with Crippen LogP contribution in [0.15, 0.2) is 23.4 Å². The number of halogens is 2. The van der Waals surface area contributed by atoms with Gasteiger partial charge in [0.25, 0.3) is 0 Å². The summed E-state index contributed by atoms with van der Waals surface area (Å²) in [6.45, 7) is 1.54. The standard InChI is InChI=1S/C17H20Cl2N4O3S/c1-23-15(9-26-14-5-4-11(18)7-13(14)19)21-22-17(23)27-10-16(24)20-8-12-3-2-6-25-12/h4-5,7,12H,2-3,6,8-10H2,1H3,(H,20,24). The van der Waals surface area contributed by atoms with Gasteiger partial charge >= 0.3 is 0 Å². The van der Waals surface area contributed by atoms with Gasteiger partial charge < -0.3 is 19.4 Å². The number of carbonyl (C=O) groups excluding carboxylic acids is 1. The molecule has 2 heterocycles. The Bertz CT molecular complexity index is 796. The third-order valence-corrected chi connectivity index (χ3v) is 5.61. The number of amides is 1. The van der Waals surface area contributed by atoms with Crippen LogP contribution in [0, 0.1) is 0 Å². The van der Waals surface area contributed by atoms with Crippen molar-refractivity contribution in [2.24, 2.45) is 7.05 Å². The lowest BCUT2D eigenvalue weighted by molar-refractivity contribution is -0.119. The van der Waals surface area contributed by atoms with Crippen molar-refractivity contribution in [1.29, 1.82) is 0 Å². The monoisotopic (exact) mass is 430 g/mol. The molecule has 1 unspecified atom stereocenters. The lowest BCUT2D eigenvalue weighted by atomic mass is 10.2. The van der Waals surface area contributed by atoms with Gasteiger partial charge in [0.05, 0.1) is 16.9 Å². The molecule has 1 fully saturated rings. The molecule has 1 aromatic heterocycles. The first-order valence-corrected chi connectivity index (χ1v) is 10.2. The summed E-state index contributed by atoms with van der Waals surface area (Å²) in [5.41, 5.74) is 0. The summed E-state index contributed by atoms with van der Waals surface area (Å²) in [7, 11) is 1.83. The molecule has 3 rings (SSSR count). The highest BCUT2D eigenvalue weighted by Gasteiger charge is 2.17. The van der Waals surface area contributed by atoms with Crippen LogP contribution in [-0.2, 0) is 23.2 Å². The first kappa shape index (κ1) is 20.3. The Hall–Kier alpha value is -1.48. The SMILES string of the molecule is Cn1c(COc2ccc(Cl)cc2Cl)nnc1SCC(=O)NCC1CCCO1. The van der Waals surface area contributed by atoms with Crippen LogP contribution in [0.2, 0.25) is 10.0 Å². The average Bonchev–Trinajstić information content (AvgIpc) is 3.28. The van der Waals surface area contributed by atoms with E-state index >= 15 is 0 Å². The molecule has 1 N–H and O–H groups in total. The zero-order chi connectivity index (χ0) is 19.2. The molecule has 1 aromatic carbocycles. The van der Waals surface area contributed by atoms with E-state index in [1.54, 1.807) is 22.8 Å². The number of aromatic nitrogens is 3. The van der Waals surface area contributed by atoms with E-state index in [0.717, 1.165) is 19.4 Å². The Balaban J connectivity index is 1.47. The molecule has 1 saturated heterocycles. The largest absolute Gasteiger partial charge is 0.484 e. The van der Waals surface area contributed by atoms with Crippen LogP contribution >= 0.6 is 35.0 Å². The second-order valence-electron chi connectivity index (χ2n) is 6.05. The third-order valence-electron chi connectivity index (χ3n) is 4.06. The van der Waals surface area contributed by atoms with Gasteiger partial charge in [0, 0.05) is 25.2 Å². The quantitative estimate of drug-likeness (QED) is 0.648. The predicted octanol–water partition coefficient (Wildman–Crippen LogP) is 3.09. The van der Waals surface area contributed by atoms with Crippen molar-refractivity contribution in [1.82, 2.24) is 20.1 Å². The molecular formula is C17H20Cl2N4O3S. The van der Waals surface area contributed by atoms with Crippen molar-refractivity contribution >= 4 is 40.9 Å². The normalized spacial score (nSPS) is 16.5. The Kier molecular flexibility index (Phi) is 7.23. The van der Waals surface area contributed by atoms with Crippen molar-refractivity contribution in [2.75, 3.05) is 18.9 Å². The Morgan fingerprint density at radius 2 is 2.30 bits per heavy atom. The van der Waals surface area contributed by atoms with Crippen LogP contribution in [0.4, 0.5) is 0 Å². The van der Waals surface area contributed by atoms with Crippen LogP contribution in [0.5, 0.6) is 5.75 Å². The second kappa shape index (κ2) is 9.64. The molecule has 27 heavy (non-hydrogen) atoms. The summed E-state index contributed by atoms with van der Waals surface area (Å²) in [4.78, 5) is 12.0. The lowest BCUT2D eigenvalue weighted by Gasteiger charge is -2.10. The second-order valence-corrected chi connectivity index (χ2v) is 7.84. The molecule has 0 aliphatic carbocycles. The summed E-state index contributed by atoms with van der Waals surface area (Å²) in [5, 5.41) is 12.7. The lowest BCUT2D eigenvalue weighted by Crippen LogP contribution is -2.32. The third kappa shape index (κ3) is 5.75. The van der Waals surface area contributed by atoms with Gasteiger partial charge in [-0.05, 0) is 31.0 Å². The fraction of sp³-hybridized carbons (Fsp3) is 0.471. The predicted molar refractivity (Wildman–Crippen MR) is 105 cm³/mol. The van der Waals surface area contributed by atoms with E-state index in [1.807, 2.05) is 7.05 Å². The molecule has 0 saturated carbocycles. The van der Waals surface area contributed by atoms with Gasteiger partial charge in [0.2, 0.25) is 5.91 Å². The molecule has 7 nitrogen and oxygen atoms in total. The summed E-state index contributed by atoms with van der Waals surface area (Å²) in [6.07, 6.45) is 2.19. The zero-order valence-corrected chi connectivity index (χ0v) is 17.1. The fourth-order valence-electron chi connectivity index (χ4n) is 2.55. The van der Waals surface area contributed by atoms with Crippen LogP contribution in [0.25, 0.3) is 0 Å². The number of rotatable bonds is 8. The molecule has 1 amide bonds. The molecule has 0 radical (unpaired) electrons. The van der Waals surface area contributed by atoms with Crippen molar-refractivity contribution in [3.63, 3.8) is 0 Å². The highest BCUT2D eigenvalue weighted by molar-refractivity contribution is 7.99. The van der Waals surface area contributed by atoms with Gasteiger partial charge in [-0.3, -0.25) is 4.79 Å².